The molecule has 2 aromatic rings. The summed E-state index contributed by atoms with van der Waals surface area (Å²) in [5, 5.41) is 0. The first-order valence-corrected chi connectivity index (χ1v) is 9.13. The summed E-state index contributed by atoms with van der Waals surface area (Å²) < 4.78 is 4.79. The number of carbonyl (C=O) groups is 1. The van der Waals surface area contributed by atoms with Crippen molar-refractivity contribution in [2.24, 2.45) is 5.92 Å². The smallest absolute Gasteiger partial charge is 0.337 e. The fourth-order valence-corrected chi connectivity index (χ4v) is 3.55. The Kier molecular flexibility index (Phi) is 4.59. The van der Waals surface area contributed by atoms with Crippen LogP contribution in [0.4, 0.5) is 0 Å². The minimum Gasteiger partial charge on any atom is -0.465 e. The van der Waals surface area contributed by atoms with Crippen LogP contribution in [0, 0.1) is 5.92 Å². The number of nitrogens with one attached hydrogen (secondary N) is 1. The minimum atomic E-state index is -0.325. The Morgan fingerprint density at radius 1 is 1.38 bits per heavy atom. The number of rotatable bonds is 5. The number of aromatic nitrogens is 2. The number of fused-ring (bicyclic) bond motifs is 1. The van der Waals surface area contributed by atoms with Gasteiger partial charge in [-0.25, -0.2) is 9.78 Å². The highest BCUT2D eigenvalue weighted by Gasteiger charge is 2.25. The molecule has 0 bridgehead atoms. The zero-order chi connectivity index (χ0) is 18.1. The number of hydrogen-bond acceptors (Lipinski definition) is 5. The van der Waals surface area contributed by atoms with E-state index in [-0.39, 0.29) is 11.5 Å². The molecule has 1 aliphatic carbocycles. The number of benzene rings is 1. The second-order valence-electron chi connectivity index (χ2n) is 7.24. The summed E-state index contributed by atoms with van der Waals surface area (Å²) in [7, 11) is 1.39. The van der Waals surface area contributed by atoms with Crippen LogP contribution in [0.5, 0.6) is 0 Å². The van der Waals surface area contributed by atoms with Gasteiger partial charge in [0.25, 0.3) is 5.56 Å². The molecule has 2 heterocycles. The molecule has 4 rings (SSSR count). The quantitative estimate of drug-likeness (QED) is 0.833. The maximum Gasteiger partial charge on any atom is 0.337 e. The van der Waals surface area contributed by atoms with Gasteiger partial charge in [0.1, 0.15) is 5.82 Å². The van der Waals surface area contributed by atoms with Gasteiger partial charge < -0.3 is 9.72 Å². The normalized spacial score (nSPS) is 17.0. The van der Waals surface area contributed by atoms with Crippen LogP contribution in [-0.2, 0) is 30.7 Å². The number of methoxy groups -OCH3 is 1. The predicted molar refractivity (Wildman–Crippen MR) is 96.9 cm³/mol. The average Bonchev–Trinajstić information content (AvgIpc) is 3.45. The number of carbonyl (C=O) groups excluding carboxylic acids is 1. The standard InChI is InChI=1S/C20H23N3O3/c1-26-20(25)15-4-2-3-14(9-15)11-23-8-7-16-17(12-23)21-18(22-19(16)24)10-13-5-6-13/h2-4,9,13H,5-8,10-12H2,1H3,(H,21,22,24). The molecule has 1 aliphatic heterocycles. The maximum atomic E-state index is 12.3. The zero-order valence-corrected chi connectivity index (χ0v) is 15.0. The lowest BCUT2D eigenvalue weighted by atomic mass is 10.0. The number of aromatic amines is 1. The second kappa shape index (κ2) is 7.03. The van der Waals surface area contributed by atoms with Crippen molar-refractivity contribution in [3.05, 3.63) is 62.8 Å². The van der Waals surface area contributed by atoms with Crippen molar-refractivity contribution < 1.29 is 9.53 Å². The molecule has 0 atom stereocenters. The molecule has 136 valence electrons. The predicted octanol–water partition coefficient (Wildman–Crippen LogP) is 2.07. The number of hydrogen-bond donors (Lipinski definition) is 1. The van der Waals surface area contributed by atoms with Gasteiger partial charge in [0.15, 0.2) is 0 Å². The van der Waals surface area contributed by atoms with Gasteiger partial charge in [-0.3, -0.25) is 9.69 Å². The summed E-state index contributed by atoms with van der Waals surface area (Å²) in [6.45, 7) is 2.19. The topological polar surface area (TPSA) is 75.3 Å². The maximum absolute atomic E-state index is 12.3. The van der Waals surface area contributed by atoms with E-state index in [1.54, 1.807) is 6.07 Å². The number of nitrogens with zero attached hydrogens (tertiary/aromatic N) is 2. The van der Waals surface area contributed by atoms with E-state index >= 15 is 0 Å². The Morgan fingerprint density at radius 2 is 2.23 bits per heavy atom. The van der Waals surface area contributed by atoms with Gasteiger partial charge in [-0.2, -0.15) is 0 Å². The number of ether oxygens (including phenoxy) is 1. The molecule has 1 N–H and O–H groups in total. The molecule has 1 aromatic carbocycles. The van der Waals surface area contributed by atoms with E-state index in [0.717, 1.165) is 42.2 Å². The first kappa shape index (κ1) is 17.0. The molecule has 0 unspecified atom stereocenters. The van der Waals surface area contributed by atoms with Gasteiger partial charge in [0, 0.05) is 31.6 Å². The highest BCUT2D eigenvalue weighted by Crippen LogP contribution is 2.31. The highest BCUT2D eigenvalue weighted by molar-refractivity contribution is 5.89. The second-order valence-corrected chi connectivity index (χ2v) is 7.24. The van der Waals surface area contributed by atoms with E-state index in [0.29, 0.717) is 24.4 Å². The molecule has 0 radical (unpaired) electrons. The molecule has 1 fully saturated rings. The van der Waals surface area contributed by atoms with Crippen molar-refractivity contribution in [2.75, 3.05) is 13.7 Å². The lowest BCUT2D eigenvalue weighted by molar-refractivity contribution is 0.0600. The molecule has 6 heteroatoms. The van der Waals surface area contributed by atoms with Gasteiger partial charge in [-0.05, 0) is 42.9 Å². The molecule has 0 spiro atoms. The lowest BCUT2D eigenvalue weighted by Crippen LogP contribution is -2.35. The number of esters is 1. The fourth-order valence-electron chi connectivity index (χ4n) is 3.55. The molecule has 1 saturated carbocycles. The van der Waals surface area contributed by atoms with Crippen molar-refractivity contribution >= 4 is 5.97 Å². The third-order valence-corrected chi connectivity index (χ3v) is 5.13. The van der Waals surface area contributed by atoms with E-state index in [1.807, 2.05) is 18.2 Å². The molecule has 26 heavy (non-hydrogen) atoms. The van der Waals surface area contributed by atoms with Crippen molar-refractivity contribution in [3.63, 3.8) is 0 Å². The van der Waals surface area contributed by atoms with E-state index < -0.39 is 0 Å². The average molecular weight is 353 g/mol. The summed E-state index contributed by atoms with van der Waals surface area (Å²) in [5.74, 6) is 1.19. The van der Waals surface area contributed by atoms with Crippen molar-refractivity contribution in [1.82, 2.24) is 14.9 Å². The van der Waals surface area contributed by atoms with Crippen LogP contribution in [0.1, 0.15) is 45.8 Å². The molecular weight excluding hydrogens is 330 g/mol. The Balaban J connectivity index is 1.50. The summed E-state index contributed by atoms with van der Waals surface area (Å²) in [5.41, 5.74) is 3.37. The van der Waals surface area contributed by atoms with E-state index in [1.165, 1.54) is 20.0 Å². The molecule has 0 saturated heterocycles. The summed E-state index contributed by atoms with van der Waals surface area (Å²) in [4.78, 5) is 34.0. The van der Waals surface area contributed by atoms with Gasteiger partial charge in [0.2, 0.25) is 0 Å². The van der Waals surface area contributed by atoms with Crippen molar-refractivity contribution in [3.8, 4) is 0 Å². The van der Waals surface area contributed by atoms with E-state index in [9.17, 15) is 9.59 Å². The van der Waals surface area contributed by atoms with Gasteiger partial charge >= 0.3 is 5.97 Å². The van der Waals surface area contributed by atoms with E-state index in [2.05, 4.69) is 9.88 Å². The largest absolute Gasteiger partial charge is 0.465 e. The minimum absolute atomic E-state index is 0.0259. The Morgan fingerprint density at radius 3 is 3.00 bits per heavy atom. The molecule has 6 nitrogen and oxygen atoms in total. The first-order chi connectivity index (χ1) is 12.6. The Labute approximate surface area is 152 Å². The van der Waals surface area contributed by atoms with Crippen LogP contribution in [0.2, 0.25) is 0 Å². The van der Waals surface area contributed by atoms with Crippen LogP contribution in [0.3, 0.4) is 0 Å². The monoisotopic (exact) mass is 353 g/mol. The zero-order valence-electron chi connectivity index (χ0n) is 15.0. The number of H-pyrrole nitrogens is 1. The summed E-state index contributed by atoms with van der Waals surface area (Å²) >= 11 is 0. The molecule has 2 aliphatic rings. The molecule has 1 aromatic heterocycles. The van der Waals surface area contributed by atoms with Crippen LogP contribution in [0.25, 0.3) is 0 Å². The fraction of sp³-hybridized carbons (Fsp3) is 0.450. The van der Waals surface area contributed by atoms with Crippen LogP contribution < -0.4 is 5.56 Å². The highest BCUT2D eigenvalue weighted by atomic mass is 16.5. The van der Waals surface area contributed by atoms with Gasteiger partial charge in [-0.15, -0.1) is 0 Å². The third kappa shape index (κ3) is 3.70. The van der Waals surface area contributed by atoms with Crippen molar-refractivity contribution in [1.29, 1.82) is 0 Å². The van der Waals surface area contributed by atoms with Crippen LogP contribution >= 0.6 is 0 Å². The van der Waals surface area contributed by atoms with Gasteiger partial charge in [0.05, 0.1) is 18.4 Å². The Hall–Kier alpha value is -2.47. The van der Waals surface area contributed by atoms with E-state index in [4.69, 9.17) is 9.72 Å². The lowest BCUT2D eigenvalue weighted by Gasteiger charge is -2.27. The summed E-state index contributed by atoms with van der Waals surface area (Å²) in [6, 6.07) is 7.50. The SMILES string of the molecule is COC(=O)c1cccc(CN2CCc3c(nc(CC4CC4)[nH]c3=O)C2)c1. The Bertz CT molecular complexity index is 886. The van der Waals surface area contributed by atoms with Crippen LogP contribution in [0.15, 0.2) is 29.1 Å². The van der Waals surface area contributed by atoms with Gasteiger partial charge in [-0.1, -0.05) is 12.1 Å². The summed E-state index contributed by atoms with van der Waals surface area (Å²) in [6.07, 6.45) is 4.06. The molecule has 0 amide bonds. The van der Waals surface area contributed by atoms with Crippen molar-refractivity contribution in [2.45, 2.75) is 38.8 Å². The van der Waals surface area contributed by atoms with Crippen LogP contribution in [-0.4, -0.2) is 34.5 Å². The molecular formula is C20H23N3O3. The third-order valence-electron chi connectivity index (χ3n) is 5.13. The first-order valence-electron chi connectivity index (χ1n) is 9.13.